The average Bonchev–Trinajstić information content (AvgIpc) is 3.14. The van der Waals surface area contributed by atoms with Gasteiger partial charge in [-0.2, -0.15) is 0 Å². The van der Waals surface area contributed by atoms with E-state index in [2.05, 4.69) is 24.0 Å². The van der Waals surface area contributed by atoms with Gasteiger partial charge in [-0.3, -0.25) is 0 Å². The Morgan fingerprint density at radius 3 is 2.41 bits per heavy atom. The molecule has 1 aliphatic carbocycles. The highest BCUT2D eigenvalue weighted by molar-refractivity contribution is 5.50. The van der Waals surface area contributed by atoms with Crippen LogP contribution in [0.1, 0.15) is 51.2 Å². The van der Waals surface area contributed by atoms with E-state index in [1.807, 2.05) is 19.1 Å². The van der Waals surface area contributed by atoms with Gasteiger partial charge in [-0.05, 0) is 43.9 Å². The summed E-state index contributed by atoms with van der Waals surface area (Å²) in [6, 6.07) is 9.15. The van der Waals surface area contributed by atoms with Gasteiger partial charge in [-0.1, -0.05) is 25.5 Å². The van der Waals surface area contributed by atoms with E-state index >= 15 is 0 Å². The number of rotatable bonds is 6. The quantitative estimate of drug-likeness (QED) is 0.812. The molecule has 2 nitrogen and oxygen atoms in total. The standard InChI is InChI=1S/C15H23NO/c1-3-4-11-16(15-9-10-15)14-7-5-13(6-8-14)12(2)17/h5-8,12,15,17H,3-4,9-11H2,1-2H3/t12-/m1/s1. The second-order valence-corrected chi connectivity index (χ2v) is 5.05. The minimum absolute atomic E-state index is 0.367. The first kappa shape index (κ1) is 12.4. The topological polar surface area (TPSA) is 23.5 Å². The lowest BCUT2D eigenvalue weighted by molar-refractivity contribution is 0.199. The van der Waals surface area contributed by atoms with Gasteiger partial charge >= 0.3 is 0 Å². The summed E-state index contributed by atoms with van der Waals surface area (Å²) in [6.45, 7) is 5.21. The summed E-state index contributed by atoms with van der Waals surface area (Å²) in [6.07, 6.45) is 4.81. The van der Waals surface area contributed by atoms with Crippen LogP contribution < -0.4 is 4.90 Å². The van der Waals surface area contributed by atoms with Crippen LogP contribution in [0.2, 0.25) is 0 Å². The molecule has 0 aromatic heterocycles. The van der Waals surface area contributed by atoms with E-state index in [-0.39, 0.29) is 6.10 Å². The van der Waals surface area contributed by atoms with Crippen molar-refractivity contribution >= 4 is 5.69 Å². The lowest BCUT2D eigenvalue weighted by atomic mass is 10.1. The van der Waals surface area contributed by atoms with Gasteiger partial charge in [-0.15, -0.1) is 0 Å². The zero-order valence-corrected chi connectivity index (χ0v) is 10.9. The third-order valence-electron chi connectivity index (χ3n) is 3.45. The Labute approximate surface area is 104 Å². The van der Waals surface area contributed by atoms with Crippen LogP contribution in [0.3, 0.4) is 0 Å². The third kappa shape index (κ3) is 3.22. The maximum Gasteiger partial charge on any atom is 0.0761 e. The van der Waals surface area contributed by atoms with Crippen molar-refractivity contribution in [2.24, 2.45) is 0 Å². The first-order valence-corrected chi connectivity index (χ1v) is 6.77. The predicted octanol–water partition coefficient (Wildman–Crippen LogP) is 3.51. The molecule has 2 heteroatoms. The van der Waals surface area contributed by atoms with Crippen molar-refractivity contribution in [3.8, 4) is 0 Å². The summed E-state index contributed by atoms with van der Waals surface area (Å²) in [7, 11) is 0. The number of nitrogens with zero attached hydrogens (tertiary/aromatic N) is 1. The fraction of sp³-hybridized carbons (Fsp3) is 0.600. The number of aliphatic hydroxyl groups is 1. The molecule has 1 aliphatic rings. The minimum Gasteiger partial charge on any atom is -0.389 e. The summed E-state index contributed by atoms with van der Waals surface area (Å²) < 4.78 is 0. The second-order valence-electron chi connectivity index (χ2n) is 5.05. The van der Waals surface area contributed by atoms with Crippen LogP contribution in [0, 0.1) is 0 Å². The molecule has 1 saturated carbocycles. The monoisotopic (exact) mass is 233 g/mol. The van der Waals surface area contributed by atoms with Crippen molar-refractivity contribution in [3.63, 3.8) is 0 Å². The van der Waals surface area contributed by atoms with E-state index in [4.69, 9.17) is 0 Å². The third-order valence-corrected chi connectivity index (χ3v) is 3.45. The summed E-state index contributed by atoms with van der Waals surface area (Å²) in [5.74, 6) is 0. The van der Waals surface area contributed by atoms with Crippen molar-refractivity contribution in [1.82, 2.24) is 0 Å². The molecule has 1 aromatic carbocycles. The molecule has 0 unspecified atom stereocenters. The molecular weight excluding hydrogens is 210 g/mol. The first-order chi connectivity index (χ1) is 8.22. The van der Waals surface area contributed by atoms with E-state index in [0.717, 1.165) is 18.2 Å². The Kier molecular flexibility index (Phi) is 4.06. The summed E-state index contributed by atoms with van der Waals surface area (Å²) in [5, 5.41) is 9.50. The summed E-state index contributed by atoms with van der Waals surface area (Å²) in [4.78, 5) is 2.52. The van der Waals surface area contributed by atoms with Crippen LogP contribution in [-0.2, 0) is 0 Å². The Morgan fingerprint density at radius 2 is 1.94 bits per heavy atom. The van der Waals surface area contributed by atoms with E-state index in [0.29, 0.717) is 0 Å². The van der Waals surface area contributed by atoms with E-state index in [1.54, 1.807) is 0 Å². The number of hydrogen-bond donors (Lipinski definition) is 1. The van der Waals surface area contributed by atoms with Crippen molar-refractivity contribution < 1.29 is 5.11 Å². The molecule has 0 bridgehead atoms. The van der Waals surface area contributed by atoms with Gasteiger partial charge in [-0.25, -0.2) is 0 Å². The van der Waals surface area contributed by atoms with E-state index in [9.17, 15) is 5.11 Å². The number of benzene rings is 1. The molecule has 0 saturated heterocycles. The number of aliphatic hydroxyl groups excluding tert-OH is 1. The van der Waals surface area contributed by atoms with E-state index in [1.165, 1.54) is 31.4 Å². The molecule has 94 valence electrons. The fourth-order valence-electron chi connectivity index (χ4n) is 2.18. The molecule has 2 rings (SSSR count). The molecule has 17 heavy (non-hydrogen) atoms. The highest BCUT2D eigenvalue weighted by Gasteiger charge is 2.28. The lowest BCUT2D eigenvalue weighted by Gasteiger charge is -2.25. The molecule has 0 aliphatic heterocycles. The SMILES string of the molecule is CCCCN(c1ccc([C@@H](C)O)cc1)C1CC1. The molecule has 1 fully saturated rings. The Bertz CT molecular complexity index is 340. The van der Waals surface area contributed by atoms with Crippen LogP contribution in [0.25, 0.3) is 0 Å². The maximum atomic E-state index is 9.50. The molecule has 0 radical (unpaired) electrons. The molecule has 0 spiro atoms. The number of unbranched alkanes of at least 4 members (excludes halogenated alkanes) is 1. The molecule has 1 N–H and O–H groups in total. The van der Waals surface area contributed by atoms with Crippen LogP contribution in [-0.4, -0.2) is 17.7 Å². The van der Waals surface area contributed by atoms with Crippen molar-refractivity contribution in [1.29, 1.82) is 0 Å². The van der Waals surface area contributed by atoms with Crippen LogP contribution in [0.15, 0.2) is 24.3 Å². The van der Waals surface area contributed by atoms with E-state index < -0.39 is 0 Å². The number of hydrogen-bond acceptors (Lipinski definition) is 2. The first-order valence-electron chi connectivity index (χ1n) is 6.77. The highest BCUT2D eigenvalue weighted by atomic mass is 16.3. The lowest BCUT2D eigenvalue weighted by Crippen LogP contribution is -2.26. The van der Waals surface area contributed by atoms with Crippen molar-refractivity contribution in [2.75, 3.05) is 11.4 Å². The van der Waals surface area contributed by atoms with Crippen LogP contribution >= 0.6 is 0 Å². The van der Waals surface area contributed by atoms with Crippen molar-refractivity contribution in [3.05, 3.63) is 29.8 Å². The summed E-state index contributed by atoms with van der Waals surface area (Å²) >= 11 is 0. The van der Waals surface area contributed by atoms with Gasteiger partial charge in [0, 0.05) is 18.3 Å². The van der Waals surface area contributed by atoms with Gasteiger partial charge in [0.2, 0.25) is 0 Å². The number of anilines is 1. The Morgan fingerprint density at radius 1 is 1.29 bits per heavy atom. The van der Waals surface area contributed by atoms with Crippen LogP contribution in [0.5, 0.6) is 0 Å². The molecular formula is C15H23NO. The summed E-state index contributed by atoms with van der Waals surface area (Å²) in [5.41, 5.74) is 2.31. The highest BCUT2D eigenvalue weighted by Crippen LogP contribution is 2.32. The normalized spacial score (nSPS) is 16.9. The smallest absolute Gasteiger partial charge is 0.0761 e. The molecule has 1 atom stereocenters. The average molecular weight is 233 g/mol. The van der Waals surface area contributed by atoms with Gasteiger partial charge in [0.15, 0.2) is 0 Å². The zero-order valence-electron chi connectivity index (χ0n) is 10.9. The van der Waals surface area contributed by atoms with Gasteiger partial charge in [0.25, 0.3) is 0 Å². The largest absolute Gasteiger partial charge is 0.389 e. The minimum atomic E-state index is -0.367. The predicted molar refractivity (Wildman–Crippen MR) is 72.4 cm³/mol. The Balaban J connectivity index is 2.07. The van der Waals surface area contributed by atoms with Crippen LogP contribution in [0.4, 0.5) is 5.69 Å². The molecule has 0 amide bonds. The molecule has 1 aromatic rings. The van der Waals surface area contributed by atoms with Crippen molar-refractivity contribution in [2.45, 2.75) is 51.7 Å². The van der Waals surface area contributed by atoms with Gasteiger partial charge < -0.3 is 10.0 Å². The van der Waals surface area contributed by atoms with Gasteiger partial charge in [0.1, 0.15) is 0 Å². The fourth-order valence-corrected chi connectivity index (χ4v) is 2.18. The Hall–Kier alpha value is -1.02. The van der Waals surface area contributed by atoms with Gasteiger partial charge in [0.05, 0.1) is 6.10 Å². The zero-order chi connectivity index (χ0) is 12.3. The molecule has 0 heterocycles. The second kappa shape index (κ2) is 5.54. The maximum absolute atomic E-state index is 9.50.